The van der Waals surface area contributed by atoms with E-state index in [-0.39, 0.29) is 5.91 Å². The number of nitrogens with zero attached hydrogens (tertiary/aromatic N) is 2. The molecule has 0 unspecified atom stereocenters. The Hall–Kier alpha value is -1.63. The second kappa shape index (κ2) is 5.22. The van der Waals surface area contributed by atoms with E-state index < -0.39 is 5.41 Å². The van der Waals surface area contributed by atoms with Crippen LogP contribution in [0.3, 0.4) is 0 Å². The van der Waals surface area contributed by atoms with E-state index in [9.17, 15) is 4.79 Å². The van der Waals surface area contributed by atoms with Gasteiger partial charge in [-0.25, -0.2) is 0 Å². The number of hydrogen-bond acceptors (Lipinski definition) is 2. The molecule has 0 radical (unpaired) electrons. The zero-order chi connectivity index (χ0) is 16.1. The molecule has 1 amide bonds. The van der Waals surface area contributed by atoms with Gasteiger partial charge in [-0.2, -0.15) is 0 Å². The number of carbonyl (C=O) groups excluding carboxylic acids is 1. The maximum Gasteiger partial charge on any atom is 0.229 e. The Morgan fingerprint density at radius 1 is 1.27 bits per heavy atom. The molecule has 0 spiro atoms. The molecule has 1 N–H and O–H groups in total. The molecule has 0 atom stereocenters. The highest BCUT2D eigenvalue weighted by Gasteiger charge is 2.23. The maximum absolute atomic E-state index is 12.2. The number of benzene rings is 1. The first-order chi connectivity index (χ1) is 10.3. The Kier molecular flexibility index (Phi) is 3.63. The van der Waals surface area contributed by atoms with Gasteiger partial charge in [-0.15, -0.1) is 0 Å². The zero-order valence-corrected chi connectivity index (χ0v) is 15.2. The SMILES string of the molecule is Cn1c2ccccc2c2ncc(NC(=O)C(C)(C)C)c(I)c21. The van der Waals surface area contributed by atoms with Gasteiger partial charge >= 0.3 is 0 Å². The van der Waals surface area contributed by atoms with Gasteiger partial charge in [0.2, 0.25) is 5.91 Å². The monoisotopic (exact) mass is 407 g/mol. The third-order valence-electron chi connectivity index (χ3n) is 3.78. The molecule has 2 aromatic heterocycles. The van der Waals surface area contributed by atoms with E-state index in [1.807, 2.05) is 40.0 Å². The molecule has 0 aliphatic heterocycles. The van der Waals surface area contributed by atoms with E-state index in [0.717, 1.165) is 31.2 Å². The number of rotatable bonds is 1. The number of amides is 1. The number of para-hydroxylation sites is 1. The summed E-state index contributed by atoms with van der Waals surface area (Å²) < 4.78 is 3.14. The minimum absolute atomic E-state index is 0.00895. The van der Waals surface area contributed by atoms with E-state index >= 15 is 0 Å². The van der Waals surface area contributed by atoms with Gasteiger partial charge in [-0.1, -0.05) is 39.0 Å². The number of aryl methyl sites for hydroxylation is 1. The summed E-state index contributed by atoms with van der Waals surface area (Å²) in [4.78, 5) is 16.8. The summed E-state index contributed by atoms with van der Waals surface area (Å²) in [5.74, 6) is -0.00895. The van der Waals surface area contributed by atoms with Crippen LogP contribution in [-0.4, -0.2) is 15.5 Å². The third kappa shape index (κ3) is 2.37. The van der Waals surface area contributed by atoms with Crippen LogP contribution in [0, 0.1) is 8.99 Å². The molecule has 3 rings (SSSR count). The normalized spacial score (nSPS) is 12.0. The van der Waals surface area contributed by atoms with Crippen LogP contribution in [0.1, 0.15) is 20.8 Å². The Morgan fingerprint density at radius 2 is 1.95 bits per heavy atom. The smallest absolute Gasteiger partial charge is 0.229 e. The third-order valence-corrected chi connectivity index (χ3v) is 4.87. The molecule has 0 aliphatic carbocycles. The molecular weight excluding hydrogens is 389 g/mol. The van der Waals surface area contributed by atoms with E-state index in [2.05, 4.69) is 49.6 Å². The summed E-state index contributed by atoms with van der Waals surface area (Å²) in [6.45, 7) is 5.70. The molecule has 3 aromatic rings. The predicted octanol–water partition coefficient (Wildman–Crippen LogP) is 4.32. The Bertz CT molecular complexity index is 890. The quantitative estimate of drug-likeness (QED) is 0.611. The lowest BCUT2D eigenvalue weighted by Crippen LogP contribution is -2.28. The fourth-order valence-corrected chi connectivity index (χ4v) is 3.36. The van der Waals surface area contributed by atoms with Crippen molar-refractivity contribution >= 4 is 56.1 Å². The second-order valence-corrected chi connectivity index (χ2v) is 7.54. The molecule has 4 nitrogen and oxygen atoms in total. The van der Waals surface area contributed by atoms with Crippen LogP contribution in [0.25, 0.3) is 21.9 Å². The van der Waals surface area contributed by atoms with E-state index in [4.69, 9.17) is 0 Å². The number of pyridine rings is 1. The number of nitrogens with one attached hydrogen (secondary N) is 1. The van der Waals surface area contributed by atoms with Crippen molar-refractivity contribution in [3.63, 3.8) is 0 Å². The van der Waals surface area contributed by atoms with Crippen molar-refractivity contribution in [3.8, 4) is 0 Å². The van der Waals surface area contributed by atoms with Gasteiger partial charge < -0.3 is 9.88 Å². The molecule has 2 heterocycles. The molecule has 0 bridgehead atoms. The summed E-state index contributed by atoms with van der Waals surface area (Å²) in [5.41, 5.74) is 3.49. The lowest BCUT2D eigenvalue weighted by molar-refractivity contribution is -0.123. The van der Waals surface area contributed by atoms with Crippen molar-refractivity contribution in [1.82, 2.24) is 9.55 Å². The van der Waals surface area contributed by atoms with Gasteiger partial charge in [0.05, 0.1) is 32.0 Å². The Labute approximate surface area is 143 Å². The van der Waals surface area contributed by atoms with Crippen molar-refractivity contribution in [1.29, 1.82) is 0 Å². The zero-order valence-electron chi connectivity index (χ0n) is 13.1. The van der Waals surface area contributed by atoms with Crippen molar-refractivity contribution in [3.05, 3.63) is 34.0 Å². The average Bonchev–Trinajstić information content (AvgIpc) is 2.75. The molecule has 114 valence electrons. The average molecular weight is 407 g/mol. The topological polar surface area (TPSA) is 46.9 Å². The second-order valence-electron chi connectivity index (χ2n) is 6.46. The van der Waals surface area contributed by atoms with Crippen LogP contribution in [-0.2, 0) is 11.8 Å². The highest BCUT2D eigenvalue weighted by atomic mass is 127. The fraction of sp³-hybridized carbons (Fsp3) is 0.294. The molecule has 22 heavy (non-hydrogen) atoms. The van der Waals surface area contributed by atoms with E-state index in [1.54, 1.807) is 6.20 Å². The van der Waals surface area contributed by atoms with Gasteiger partial charge in [-0.3, -0.25) is 9.78 Å². The summed E-state index contributed by atoms with van der Waals surface area (Å²) in [7, 11) is 2.03. The summed E-state index contributed by atoms with van der Waals surface area (Å²) in [6.07, 6.45) is 1.75. The lowest BCUT2D eigenvalue weighted by atomic mass is 9.95. The minimum atomic E-state index is -0.434. The van der Waals surface area contributed by atoms with Gasteiger partial charge in [-0.05, 0) is 28.7 Å². The largest absolute Gasteiger partial charge is 0.341 e. The number of fused-ring (bicyclic) bond motifs is 3. The molecule has 5 heteroatoms. The number of aromatic nitrogens is 2. The van der Waals surface area contributed by atoms with Gasteiger partial charge in [0.15, 0.2) is 0 Å². The highest BCUT2D eigenvalue weighted by Crippen LogP contribution is 2.33. The van der Waals surface area contributed by atoms with Crippen LogP contribution in [0.4, 0.5) is 5.69 Å². The van der Waals surface area contributed by atoms with Crippen LogP contribution in [0.5, 0.6) is 0 Å². The molecule has 0 fully saturated rings. The van der Waals surface area contributed by atoms with Crippen molar-refractivity contribution in [2.75, 3.05) is 5.32 Å². The highest BCUT2D eigenvalue weighted by molar-refractivity contribution is 14.1. The van der Waals surface area contributed by atoms with Gasteiger partial charge in [0.1, 0.15) is 0 Å². The molecule has 0 saturated carbocycles. The number of halogens is 1. The van der Waals surface area contributed by atoms with Crippen LogP contribution >= 0.6 is 22.6 Å². The lowest BCUT2D eigenvalue weighted by Gasteiger charge is -2.18. The number of carbonyl (C=O) groups is 1. The Morgan fingerprint density at radius 3 is 2.64 bits per heavy atom. The van der Waals surface area contributed by atoms with Crippen LogP contribution in [0.15, 0.2) is 30.5 Å². The van der Waals surface area contributed by atoms with E-state index in [1.165, 1.54) is 0 Å². The molecule has 0 aliphatic rings. The first-order valence-corrected chi connectivity index (χ1v) is 8.21. The predicted molar refractivity (Wildman–Crippen MR) is 99.0 cm³/mol. The molecule has 0 saturated heterocycles. The molecule has 1 aromatic carbocycles. The fourth-order valence-electron chi connectivity index (χ4n) is 2.47. The minimum Gasteiger partial charge on any atom is -0.341 e. The standard InChI is InChI=1S/C17H18IN3O/c1-17(2,3)16(22)20-11-9-19-14-10-7-5-6-8-12(10)21(4)15(14)13(11)18/h5-9H,1-4H3,(H,20,22). The van der Waals surface area contributed by atoms with E-state index in [0.29, 0.717) is 0 Å². The van der Waals surface area contributed by atoms with Crippen LogP contribution < -0.4 is 5.32 Å². The van der Waals surface area contributed by atoms with Gasteiger partial charge in [0.25, 0.3) is 0 Å². The van der Waals surface area contributed by atoms with Crippen molar-refractivity contribution < 1.29 is 4.79 Å². The Balaban J connectivity index is 2.20. The molecular formula is C17H18IN3O. The van der Waals surface area contributed by atoms with Crippen molar-refractivity contribution in [2.24, 2.45) is 12.5 Å². The van der Waals surface area contributed by atoms with Gasteiger partial charge in [0, 0.05) is 17.8 Å². The van der Waals surface area contributed by atoms with Crippen molar-refractivity contribution in [2.45, 2.75) is 20.8 Å². The first kappa shape index (κ1) is 15.3. The maximum atomic E-state index is 12.2. The summed E-state index contributed by atoms with van der Waals surface area (Å²) in [5, 5.41) is 4.12. The summed E-state index contributed by atoms with van der Waals surface area (Å²) in [6, 6.07) is 8.20. The number of hydrogen-bond donors (Lipinski definition) is 1. The number of anilines is 1. The van der Waals surface area contributed by atoms with Crippen LogP contribution in [0.2, 0.25) is 0 Å². The summed E-state index contributed by atoms with van der Waals surface area (Å²) >= 11 is 2.29. The first-order valence-electron chi connectivity index (χ1n) is 7.14.